The van der Waals surface area contributed by atoms with Gasteiger partial charge in [-0.15, -0.1) is 0 Å². The molecule has 1 aliphatic rings. The maximum atomic E-state index is 12.4. The molecule has 0 bridgehead atoms. The summed E-state index contributed by atoms with van der Waals surface area (Å²) in [7, 11) is 0. The van der Waals surface area contributed by atoms with Crippen LogP contribution in [0.15, 0.2) is 0 Å². The lowest BCUT2D eigenvalue weighted by molar-refractivity contribution is -0.129. The molecule has 1 N–H and O–H groups in total. The molecule has 1 fully saturated rings. The normalized spacial score (nSPS) is 17.0. The van der Waals surface area contributed by atoms with Crippen LogP contribution in [0.1, 0.15) is 65.7 Å². The van der Waals surface area contributed by atoms with E-state index < -0.39 is 5.41 Å². The quantitative estimate of drug-likeness (QED) is 0.717. The first kappa shape index (κ1) is 15.0. The standard InChI is InChI=1S/C15H26N2O/c1-4-8-15(11-16,9-5-2)14(18)17-12(3)10-13-6-7-13/h12-13H,4-10H2,1-3H3,(H,17,18). The molecule has 0 saturated heterocycles. The number of carbonyl (C=O) groups excluding carboxylic acids is 1. The average Bonchev–Trinajstić information content (AvgIpc) is 3.12. The first-order valence-electron chi connectivity index (χ1n) is 7.30. The predicted octanol–water partition coefficient (Wildman–Crippen LogP) is 3.40. The van der Waals surface area contributed by atoms with Gasteiger partial charge in [0, 0.05) is 6.04 Å². The van der Waals surface area contributed by atoms with Gasteiger partial charge >= 0.3 is 0 Å². The second-order valence-corrected chi connectivity index (χ2v) is 5.75. The summed E-state index contributed by atoms with van der Waals surface area (Å²) < 4.78 is 0. The lowest BCUT2D eigenvalue weighted by atomic mass is 9.79. The minimum atomic E-state index is -0.804. The van der Waals surface area contributed by atoms with E-state index in [4.69, 9.17) is 0 Å². The first-order valence-corrected chi connectivity index (χ1v) is 7.30. The molecule has 1 amide bonds. The van der Waals surface area contributed by atoms with Crippen LogP contribution in [0.25, 0.3) is 0 Å². The third-order valence-electron chi connectivity index (χ3n) is 3.76. The maximum Gasteiger partial charge on any atom is 0.240 e. The highest BCUT2D eigenvalue weighted by Gasteiger charge is 2.37. The number of amides is 1. The molecule has 1 unspecified atom stereocenters. The van der Waals surface area contributed by atoms with Crippen molar-refractivity contribution in [1.29, 1.82) is 5.26 Å². The topological polar surface area (TPSA) is 52.9 Å². The highest BCUT2D eigenvalue weighted by atomic mass is 16.2. The van der Waals surface area contributed by atoms with Gasteiger partial charge < -0.3 is 5.32 Å². The fourth-order valence-electron chi connectivity index (χ4n) is 2.64. The highest BCUT2D eigenvalue weighted by molar-refractivity contribution is 5.85. The highest BCUT2D eigenvalue weighted by Crippen LogP contribution is 2.34. The Kier molecular flexibility index (Phi) is 5.65. The summed E-state index contributed by atoms with van der Waals surface area (Å²) in [5.74, 6) is 0.746. The Morgan fingerprint density at radius 3 is 2.33 bits per heavy atom. The van der Waals surface area contributed by atoms with Gasteiger partial charge in [0.2, 0.25) is 5.91 Å². The van der Waals surface area contributed by atoms with Crippen molar-refractivity contribution in [1.82, 2.24) is 5.32 Å². The van der Waals surface area contributed by atoms with Gasteiger partial charge in [0.05, 0.1) is 6.07 Å². The van der Waals surface area contributed by atoms with E-state index in [9.17, 15) is 10.1 Å². The van der Waals surface area contributed by atoms with Crippen molar-refractivity contribution in [2.24, 2.45) is 11.3 Å². The van der Waals surface area contributed by atoms with Crippen LogP contribution in [0.3, 0.4) is 0 Å². The molecule has 0 spiro atoms. The van der Waals surface area contributed by atoms with E-state index in [-0.39, 0.29) is 11.9 Å². The lowest BCUT2D eigenvalue weighted by Crippen LogP contribution is -2.44. The van der Waals surface area contributed by atoms with E-state index in [0.29, 0.717) is 12.8 Å². The third kappa shape index (κ3) is 4.01. The Bertz CT molecular complexity index is 309. The minimum absolute atomic E-state index is 0.0538. The van der Waals surface area contributed by atoms with Crippen molar-refractivity contribution in [2.45, 2.75) is 71.8 Å². The summed E-state index contributed by atoms with van der Waals surface area (Å²) in [6, 6.07) is 2.48. The summed E-state index contributed by atoms with van der Waals surface area (Å²) in [6.07, 6.45) is 6.74. The molecule has 1 rings (SSSR count). The van der Waals surface area contributed by atoms with E-state index in [0.717, 1.165) is 25.2 Å². The fourth-order valence-corrected chi connectivity index (χ4v) is 2.64. The van der Waals surface area contributed by atoms with Gasteiger partial charge in [-0.2, -0.15) is 5.26 Å². The van der Waals surface area contributed by atoms with E-state index in [2.05, 4.69) is 18.3 Å². The molecule has 3 heteroatoms. The average molecular weight is 250 g/mol. The minimum Gasteiger partial charge on any atom is -0.352 e. The van der Waals surface area contributed by atoms with Crippen LogP contribution in [0.2, 0.25) is 0 Å². The van der Waals surface area contributed by atoms with Crippen LogP contribution in [0.4, 0.5) is 0 Å². The monoisotopic (exact) mass is 250 g/mol. The van der Waals surface area contributed by atoms with Crippen molar-refractivity contribution in [3.8, 4) is 6.07 Å². The van der Waals surface area contributed by atoms with Crippen molar-refractivity contribution >= 4 is 5.91 Å². The zero-order valence-electron chi connectivity index (χ0n) is 12.0. The SMILES string of the molecule is CCCC(C#N)(CCC)C(=O)NC(C)CC1CC1. The second kappa shape index (κ2) is 6.78. The number of rotatable bonds is 8. The van der Waals surface area contributed by atoms with E-state index in [1.807, 2.05) is 13.8 Å². The van der Waals surface area contributed by atoms with Crippen molar-refractivity contribution in [3.05, 3.63) is 0 Å². The molecule has 1 atom stereocenters. The van der Waals surface area contributed by atoms with Crippen molar-refractivity contribution < 1.29 is 4.79 Å². The molecule has 0 aliphatic heterocycles. The Morgan fingerprint density at radius 1 is 1.39 bits per heavy atom. The van der Waals surface area contributed by atoms with Gasteiger partial charge in [0.1, 0.15) is 5.41 Å². The van der Waals surface area contributed by atoms with Crippen LogP contribution in [-0.4, -0.2) is 11.9 Å². The molecular formula is C15H26N2O. The molecule has 18 heavy (non-hydrogen) atoms. The molecule has 0 aromatic carbocycles. The number of carbonyl (C=O) groups is 1. The zero-order valence-corrected chi connectivity index (χ0v) is 12.0. The Morgan fingerprint density at radius 2 is 1.94 bits per heavy atom. The summed E-state index contributed by atoms with van der Waals surface area (Å²) >= 11 is 0. The number of nitrogens with one attached hydrogen (secondary N) is 1. The summed E-state index contributed by atoms with van der Waals surface area (Å²) in [6.45, 7) is 6.11. The van der Waals surface area contributed by atoms with Crippen LogP contribution in [0.5, 0.6) is 0 Å². The van der Waals surface area contributed by atoms with Gasteiger partial charge in [0.15, 0.2) is 0 Å². The first-order chi connectivity index (χ1) is 8.57. The van der Waals surface area contributed by atoms with Crippen LogP contribution >= 0.6 is 0 Å². The van der Waals surface area contributed by atoms with Crippen LogP contribution in [-0.2, 0) is 4.79 Å². The smallest absolute Gasteiger partial charge is 0.240 e. The molecule has 1 aliphatic carbocycles. The lowest BCUT2D eigenvalue weighted by Gasteiger charge is -2.26. The molecule has 3 nitrogen and oxygen atoms in total. The molecule has 0 aromatic heterocycles. The van der Waals surface area contributed by atoms with Gasteiger partial charge in [-0.1, -0.05) is 39.5 Å². The van der Waals surface area contributed by atoms with Crippen LogP contribution in [0, 0.1) is 22.7 Å². The Labute approximate surface area is 111 Å². The van der Waals surface area contributed by atoms with Gasteiger partial charge in [-0.3, -0.25) is 4.79 Å². The Hall–Kier alpha value is -1.04. The van der Waals surface area contributed by atoms with Gasteiger partial charge in [-0.25, -0.2) is 0 Å². The summed E-state index contributed by atoms with van der Waals surface area (Å²) in [5, 5.41) is 12.5. The van der Waals surface area contributed by atoms with Gasteiger partial charge in [-0.05, 0) is 32.1 Å². The molecule has 102 valence electrons. The molecule has 1 saturated carbocycles. The molecule has 0 heterocycles. The molecule has 0 aromatic rings. The molecule has 0 radical (unpaired) electrons. The van der Waals surface area contributed by atoms with Crippen molar-refractivity contribution in [3.63, 3.8) is 0 Å². The second-order valence-electron chi connectivity index (χ2n) is 5.75. The third-order valence-corrected chi connectivity index (χ3v) is 3.76. The number of nitriles is 1. The van der Waals surface area contributed by atoms with E-state index >= 15 is 0 Å². The van der Waals surface area contributed by atoms with Crippen molar-refractivity contribution in [2.75, 3.05) is 0 Å². The van der Waals surface area contributed by atoms with E-state index in [1.165, 1.54) is 12.8 Å². The predicted molar refractivity (Wildman–Crippen MR) is 72.8 cm³/mol. The summed E-state index contributed by atoms with van der Waals surface area (Å²) in [5.41, 5.74) is -0.804. The van der Waals surface area contributed by atoms with Gasteiger partial charge in [0.25, 0.3) is 0 Å². The zero-order chi connectivity index (χ0) is 13.6. The maximum absolute atomic E-state index is 12.4. The summed E-state index contributed by atoms with van der Waals surface area (Å²) in [4.78, 5) is 12.4. The number of hydrogen-bond acceptors (Lipinski definition) is 2. The van der Waals surface area contributed by atoms with E-state index in [1.54, 1.807) is 0 Å². The largest absolute Gasteiger partial charge is 0.352 e. The number of hydrogen-bond donors (Lipinski definition) is 1. The fraction of sp³-hybridized carbons (Fsp3) is 0.867. The van der Waals surface area contributed by atoms with Crippen LogP contribution < -0.4 is 5.32 Å². The Balaban J connectivity index is 2.59. The molecular weight excluding hydrogens is 224 g/mol. The number of nitrogens with zero attached hydrogens (tertiary/aromatic N) is 1.